The van der Waals surface area contributed by atoms with Gasteiger partial charge in [0.05, 0.1) is 10.7 Å². The monoisotopic (exact) mass is 218 g/mol. The van der Waals surface area contributed by atoms with E-state index in [2.05, 4.69) is 24.0 Å². The van der Waals surface area contributed by atoms with Crippen molar-refractivity contribution in [3.8, 4) is 11.3 Å². The maximum absolute atomic E-state index is 5.62. The fraction of sp³-hybridized carbons (Fsp3) is 0.250. The SMILES string of the molecule is Cc1nc(-c2cccc(CN)c2)c(C)s1. The van der Waals surface area contributed by atoms with Crippen molar-refractivity contribution >= 4 is 11.3 Å². The van der Waals surface area contributed by atoms with Gasteiger partial charge in [-0.1, -0.05) is 18.2 Å². The molecule has 0 radical (unpaired) electrons. The number of aromatic nitrogens is 1. The quantitative estimate of drug-likeness (QED) is 0.841. The molecule has 3 heteroatoms. The molecule has 0 saturated carbocycles. The Hall–Kier alpha value is -1.19. The molecule has 1 aromatic heterocycles. The molecule has 15 heavy (non-hydrogen) atoms. The third-order valence-electron chi connectivity index (χ3n) is 2.34. The van der Waals surface area contributed by atoms with E-state index in [0.717, 1.165) is 16.3 Å². The van der Waals surface area contributed by atoms with E-state index >= 15 is 0 Å². The normalized spacial score (nSPS) is 10.6. The van der Waals surface area contributed by atoms with E-state index < -0.39 is 0 Å². The first-order valence-corrected chi connectivity index (χ1v) is 5.76. The van der Waals surface area contributed by atoms with E-state index in [-0.39, 0.29) is 0 Å². The van der Waals surface area contributed by atoms with Crippen molar-refractivity contribution in [1.29, 1.82) is 0 Å². The molecule has 0 fully saturated rings. The number of rotatable bonds is 2. The van der Waals surface area contributed by atoms with Crippen LogP contribution in [0.3, 0.4) is 0 Å². The van der Waals surface area contributed by atoms with Crippen LogP contribution in [-0.2, 0) is 6.54 Å². The first kappa shape index (κ1) is 10.3. The Bertz CT molecular complexity index is 474. The lowest BCUT2D eigenvalue weighted by Gasteiger charge is -2.01. The van der Waals surface area contributed by atoms with E-state index in [9.17, 15) is 0 Å². The van der Waals surface area contributed by atoms with Crippen molar-refractivity contribution in [3.05, 3.63) is 39.7 Å². The number of hydrogen-bond acceptors (Lipinski definition) is 3. The van der Waals surface area contributed by atoms with Gasteiger partial charge in [-0.15, -0.1) is 11.3 Å². The molecular weight excluding hydrogens is 204 g/mol. The zero-order chi connectivity index (χ0) is 10.8. The largest absolute Gasteiger partial charge is 0.326 e. The smallest absolute Gasteiger partial charge is 0.0904 e. The summed E-state index contributed by atoms with van der Waals surface area (Å²) in [5.41, 5.74) is 9.03. The summed E-state index contributed by atoms with van der Waals surface area (Å²) in [4.78, 5) is 5.80. The number of hydrogen-bond donors (Lipinski definition) is 1. The molecule has 1 heterocycles. The molecule has 2 N–H and O–H groups in total. The number of nitrogens with two attached hydrogens (primary N) is 1. The third kappa shape index (κ3) is 2.08. The minimum absolute atomic E-state index is 0.579. The van der Waals surface area contributed by atoms with Crippen LogP contribution in [0.2, 0.25) is 0 Å². The molecule has 0 aliphatic carbocycles. The van der Waals surface area contributed by atoms with E-state index in [4.69, 9.17) is 5.73 Å². The Morgan fingerprint density at radius 3 is 2.73 bits per heavy atom. The molecule has 1 aromatic carbocycles. The van der Waals surface area contributed by atoms with E-state index in [1.54, 1.807) is 11.3 Å². The molecule has 0 amide bonds. The second-order valence-electron chi connectivity index (χ2n) is 3.54. The van der Waals surface area contributed by atoms with Gasteiger partial charge in [0.25, 0.3) is 0 Å². The van der Waals surface area contributed by atoms with Gasteiger partial charge in [-0.25, -0.2) is 4.98 Å². The van der Waals surface area contributed by atoms with Crippen LogP contribution in [0.1, 0.15) is 15.4 Å². The van der Waals surface area contributed by atoms with E-state index in [0.29, 0.717) is 6.54 Å². The van der Waals surface area contributed by atoms with Crippen LogP contribution in [0.4, 0.5) is 0 Å². The van der Waals surface area contributed by atoms with Gasteiger partial charge in [0.2, 0.25) is 0 Å². The van der Waals surface area contributed by atoms with Crippen LogP contribution < -0.4 is 5.73 Å². The predicted octanol–water partition coefficient (Wildman–Crippen LogP) is 2.89. The summed E-state index contributed by atoms with van der Waals surface area (Å²) in [7, 11) is 0. The van der Waals surface area contributed by atoms with Crippen molar-refractivity contribution < 1.29 is 0 Å². The summed E-state index contributed by atoms with van der Waals surface area (Å²) in [6.07, 6.45) is 0. The Labute approximate surface area is 93.8 Å². The summed E-state index contributed by atoms with van der Waals surface area (Å²) < 4.78 is 0. The zero-order valence-corrected chi connectivity index (χ0v) is 9.77. The summed E-state index contributed by atoms with van der Waals surface area (Å²) in [6, 6.07) is 8.27. The van der Waals surface area contributed by atoms with Gasteiger partial charge in [-0.05, 0) is 25.5 Å². The number of benzene rings is 1. The highest BCUT2D eigenvalue weighted by Gasteiger charge is 2.07. The molecule has 0 aliphatic heterocycles. The van der Waals surface area contributed by atoms with Crippen molar-refractivity contribution in [2.45, 2.75) is 20.4 Å². The lowest BCUT2D eigenvalue weighted by Crippen LogP contribution is -1.96. The minimum Gasteiger partial charge on any atom is -0.326 e. The van der Waals surface area contributed by atoms with Gasteiger partial charge >= 0.3 is 0 Å². The van der Waals surface area contributed by atoms with Gasteiger partial charge in [0, 0.05) is 17.0 Å². The van der Waals surface area contributed by atoms with E-state index in [1.807, 2.05) is 19.1 Å². The highest BCUT2D eigenvalue weighted by molar-refractivity contribution is 7.11. The van der Waals surface area contributed by atoms with Crippen molar-refractivity contribution in [3.63, 3.8) is 0 Å². The molecule has 0 unspecified atom stereocenters. The first-order valence-electron chi connectivity index (χ1n) is 4.94. The Balaban J connectivity index is 2.49. The van der Waals surface area contributed by atoms with Gasteiger partial charge in [0.15, 0.2) is 0 Å². The molecule has 0 bridgehead atoms. The second kappa shape index (κ2) is 4.13. The molecule has 2 rings (SSSR count). The van der Waals surface area contributed by atoms with Gasteiger partial charge in [-0.3, -0.25) is 0 Å². The van der Waals surface area contributed by atoms with Crippen LogP contribution in [0.25, 0.3) is 11.3 Å². The van der Waals surface area contributed by atoms with Gasteiger partial charge in [0.1, 0.15) is 0 Å². The van der Waals surface area contributed by atoms with E-state index in [1.165, 1.54) is 10.4 Å². The lowest BCUT2D eigenvalue weighted by atomic mass is 10.1. The Morgan fingerprint density at radius 2 is 2.13 bits per heavy atom. The molecule has 2 aromatic rings. The van der Waals surface area contributed by atoms with Crippen molar-refractivity contribution in [1.82, 2.24) is 4.98 Å². The molecular formula is C12H14N2S. The number of thiazole rings is 1. The zero-order valence-electron chi connectivity index (χ0n) is 8.95. The highest BCUT2D eigenvalue weighted by atomic mass is 32.1. The van der Waals surface area contributed by atoms with Gasteiger partial charge in [-0.2, -0.15) is 0 Å². The average molecular weight is 218 g/mol. The predicted molar refractivity (Wildman–Crippen MR) is 64.9 cm³/mol. The minimum atomic E-state index is 0.579. The van der Waals surface area contributed by atoms with Crippen molar-refractivity contribution in [2.24, 2.45) is 5.73 Å². The van der Waals surface area contributed by atoms with Crippen molar-refractivity contribution in [2.75, 3.05) is 0 Å². The molecule has 0 spiro atoms. The molecule has 78 valence electrons. The third-order valence-corrected chi connectivity index (χ3v) is 3.23. The summed E-state index contributed by atoms with van der Waals surface area (Å²) >= 11 is 1.74. The summed E-state index contributed by atoms with van der Waals surface area (Å²) in [5.74, 6) is 0. The second-order valence-corrected chi connectivity index (χ2v) is 4.95. The molecule has 0 atom stereocenters. The van der Waals surface area contributed by atoms with Crippen LogP contribution >= 0.6 is 11.3 Å². The summed E-state index contributed by atoms with van der Waals surface area (Å²) in [5, 5.41) is 1.11. The fourth-order valence-electron chi connectivity index (χ4n) is 1.64. The molecule has 0 aliphatic rings. The molecule has 0 saturated heterocycles. The number of nitrogens with zero attached hydrogens (tertiary/aromatic N) is 1. The maximum atomic E-state index is 5.62. The topological polar surface area (TPSA) is 38.9 Å². The standard InChI is InChI=1S/C12H14N2S/c1-8-12(14-9(2)15-8)11-5-3-4-10(6-11)7-13/h3-6H,7,13H2,1-2H3. The Morgan fingerprint density at radius 1 is 1.33 bits per heavy atom. The lowest BCUT2D eigenvalue weighted by molar-refractivity contribution is 1.07. The number of aryl methyl sites for hydroxylation is 2. The molecule has 2 nitrogen and oxygen atoms in total. The van der Waals surface area contributed by atoms with Crippen LogP contribution in [0.5, 0.6) is 0 Å². The fourth-order valence-corrected chi connectivity index (χ4v) is 2.48. The highest BCUT2D eigenvalue weighted by Crippen LogP contribution is 2.27. The average Bonchev–Trinajstić information content (AvgIpc) is 2.58. The van der Waals surface area contributed by atoms with Gasteiger partial charge < -0.3 is 5.73 Å². The van der Waals surface area contributed by atoms with Crippen LogP contribution in [0.15, 0.2) is 24.3 Å². The first-order chi connectivity index (χ1) is 7.20. The van der Waals surface area contributed by atoms with Crippen LogP contribution in [-0.4, -0.2) is 4.98 Å². The van der Waals surface area contributed by atoms with Crippen LogP contribution in [0, 0.1) is 13.8 Å². The summed E-state index contributed by atoms with van der Waals surface area (Å²) in [6.45, 7) is 4.72. The maximum Gasteiger partial charge on any atom is 0.0904 e. The Kier molecular flexibility index (Phi) is 2.84.